The molecule has 0 aliphatic carbocycles. The van der Waals surface area contributed by atoms with Crippen molar-refractivity contribution in [1.82, 2.24) is 15.0 Å². The molecule has 0 fully saturated rings. The molecule has 1 heterocycles. The number of ether oxygens (including phenoxy) is 1. The van der Waals surface area contributed by atoms with Crippen LogP contribution in [0.3, 0.4) is 0 Å². The Labute approximate surface area is 195 Å². The lowest BCUT2D eigenvalue weighted by Gasteiger charge is -2.16. The summed E-state index contributed by atoms with van der Waals surface area (Å²) in [4.78, 5) is 17.1. The van der Waals surface area contributed by atoms with E-state index >= 15 is 0 Å². The van der Waals surface area contributed by atoms with Crippen molar-refractivity contribution in [2.45, 2.75) is 50.8 Å². The van der Waals surface area contributed by atoms with Gasteiger partial charge in [-0.2, -0.15) is 0 Å². The third-order valence-corrected chi connectivity index (χ3v) is 6.82. The standard InChI is InChI=1S/C25H29N3O4S/c1-4-18(2)28-33(30,31)24-13-11-20(12-14-24)25(29)27-19(3)21-8-7-10-23(16-21)32-17-22-9-5-6-15-26-22/h5-16,18-19,28H,4,17H2,1-3H3,(H,27,29). The van der Waals surface area contributed by atoms with Crippen LogP contribution in [0, 0.1) is 0 Å². The maximum absolute atomic E-state index is 12.7. The van der Waals surface area contributed by atoms with E-state index in [2.05, 4.69) is 15.0 Å². The highest BCUT2D eigenvalue weighted by molar-refractivity contribution is 7.89. The molecule has 3 aromatic rings. The number of pyridine rings is 1. The summed E-state index contributed by atoms with van der Waals surface area (Å²) >= 11 is 0. The minimum absolute atomic E-state index is 0.130. The Balaban J connectivity index is 1.62. The van der Waals surface area contributed by atoms with Crippen LogP contribution >= 0.6 is 0 Å². The van der Waals surface area contributed by atoms with E-state index in [1.54, 1.807) is 13.1 Å². The third-order valence-electron chi connectivity index (χ3n) is 5.21. The van der Waals surface area contributed by atoms with E-state index in [-0.39, 0.29) is 22.9 Å². The second-order valence-corrected chi connectivity index (χ2v) is 9.55. The van der Waals surface area contributed by atoms with Gasteiger partial charge in [0.2, 0.25) is 10.0 Å². The van der Waals surface area contributed by atoms with Crippen molar-refractivity contribution in [2.75, 3.05) is 0 Å². The molecule has 0 aliphatic rings. The Bertz CT molecular complexity index is 1170. The Morgan fingerprint density at radius 3 is 2.45 bits per heavy atom. The topological polar surface area (TPSA) is 97.4 Å². The lowest BCUT2D eigenvalue weighted by Crippen LogP contribution is -2.32. The molecular weight excluding hydrogens is 438 g/mol. The molecule has 0 saturated heterocycles. The number of nitrogens with one attached hydrogen (secondary N) is 2. The molecule has 8 heteroatoms. The maximum atomic E-state index is 12.7. The summed E-state index contributed by atoms with van der Waals surface area (Å²) in [7, 11) is -3.61. The highest BCUT2D eigenvalue weighted by atomic mass is 32.2. The van der Waals surface area contributed by atoms with Gasteiger partial charge in [-0.25, -0.2) is 13.1 Å². The van der Waals surface area contributed by atoms with E-state index in [1.165, 1.54) is 24.3 Å². The number of sulfonamides is 1. The number of rotatable bonds is 10. The molecule has 2 atom stereocenters. The molecule has 33 heavy (non-hydrogen) atoms. The van der Waals surface area contributed by atoms with E-state index in [1.807, 2.05) is 56.3 Å². The van der Waals surface area contributed by atoms with Crippen molar-refractivity contribution in [2.24, 2.45) is 0 Å². The van der Waals surface area contributed by atoms with E-state index in [9.17, 15) is 13.2 Å². The van der Waals surface area contributed by atoms with Crippen molar-refractivity contribution in [3.8, 4) is 5.75 Å². The van der Waals surface area contributed by atoms with E-state index in [0.29, 0.717) is 24.3 Å². The minimum Gasteiger partial charge on any atom is -0.487 e. The fourth-order valence-corrected chi connectivity index (χ4v) is 4.41. The molecule has 0 radical (unpaired) electrons. The normalized spacial score (nSPS) is 13.2. The van der Waals surface area contributed by atoms with Gasteiger partial charge >= 0.3 is 0 Å². The highest BCUT2D eigenvalue weighted by Crippen LogP contribution is 2.21. The predicted molar refractivity (Wildman–Crippen MR) is 127 cm³/mol. The second-order valence-electron chi connectivity index (χ2n) is 7.83. The summed E-state index contributed by atoms with van der Waals surface area (Å²) in [5, 5.41) is 2.94. The summed E-state index contributed by atoms with van der Waals surface area (Å²) in [6, 6.07) is 18.6. The SMILES string of the molecule is CCC(C)NS(=O)(=O)c1ccc(C(=O)NC(C)c2cccc(OCc3ccccn3)c2)cc1. The molecule has 2 aromatic carbocycles. The molecule has 1 aromatic heterocycles. The summed E-state index contributed by atoms with van der Waals surface area (Å²) in [6.07, 6.45) is 2.41. The van der Waals surface area contributed by atoms with Crippen LogP contribution in [-0.2, 0) is 16.6 Å². The molecule has 1 amide bonds. The number of nitrogens with zero attached hydrogens (tertiary/aromatic N) is 1. The van der Waals surface area contributed by atoms with Crippen molar-refractivity contribution in [1.29, 1.82) is 0 Å². The highest BCUT2D eigenvalue weighted by Gasteiger charge is 2.18. The van der Waals surface area contributed by atoms with Crippen LogP contribution in [0.5, 0.6) is 5.75 Å². The zero-order chi connectivity index (χ0) is 23.8. The van der Waals surface area contributed by atoms with Gasteiger partial charge in [0.15, 0.2) is 0 Å². The number of benzene rings is 2. The molecule has 0 saturated carbocycles. The van der Waals surface area contributed by atoms with Crippen LogP contribution in [0.2, 0.25) is 0 Å². The molecule has 2 unspecified atom stereocenters. The molecule has 174 valence electrons. The van der Waals surface area contributed by atoms with Crippen molar-refractivity contribution >= 4 is 15.9 Å². The van der Waals surface area contributed by atoms with Gasteiger partial charge in [-0.15, -0.1) is 0 Å². The summed E-state index contributed by atoms with van der Waals surface area (Å²) in [5.74, 6) is 0.392. The summed E-state index contributed by atoms with van der Waals surface area (Å²) in [5.41, 5.74) is 2.10. The molecule has 0 spiro atoms. The van der Waals surface area contributed by atoms with Gasteiger partial charge in [0.1, 0.15) is 12.4 Å². The maximum Gasteiger partial charge on any atom is 0.251 e. The minimum atomic E-state index is -3.61. The van der Waals surface area contributed by atoms with Crippen molar-refractivity contribution < 1.29 is 17.9 Å². The van der Waals surface area contributed by atoms with Gasteiger partial charge in [0, 0.05) is 17.8 Å². The van der Waals surface area contributed by atoms with Crippen LogP contribution < -0.4 is 14.8 Å². The number of carbonyl (C=O) groups excluding carboxylic acids is 1. The Morgan fingerprint density at radius 2 is 1.79 bits per heavy atom. The van der Waals surface area contributed by atoms with Crippen LogP contribution in [0.1, 0.15) is 54.8 Å². The van der Waals surface area contributed by atoms with Gasteiger partial charge in [0.05, 0.1) is 16.6 Å². The van der Waals surface area contributed by atoms with Crippen LogP contribution in [0.15, 0.2) is 77.8 Å². The van der Waals surface area contributed by atoms with Gasteiger partial charge < -0.3 is 10.1 Å². The number of hydrogen-bond acceptors (Lipinski definition) is 5. The Morgan fingerprint density at radius 1 is 1.03 bits per heavy atom. The lowest BCUT2D eigenvalue weighted by atomic mass is 10.1. The van der Waals surface area contributed by atoms with Crippen molar-refractivity contribution in [3.05, 3.63) is 89.7 Å². The van der Waals surface area contributed by atoms with Gasteiger partial charge in [-0.3, -0.25) is 9.78 Å². The fourth-order valence-electron chi connectivity index (χ4n) is 3.08. The molecular formula is C25H29N3O4S. The summed E-state index contributed by atoms with van der Waals surface area (Å²) in [6.45, 7) is 5.94. The molecule has 7 nitrogen and oxygen atoms in total. The largest absolute Gasteiger partial charge is 0.487 e. The number of hydrogen-bond donors (Lipinski definition) is 2. The monoisotopic (exact) mass is 467 g/mol. The van der Waals surface area contributed by atoms with E-state index < -0.39 is 10.0 Å². The smallest absolute Gasteiger partial charge is 0.251 e. The van der Waals surface area contributed by atoms with Gasteiger partial charge in [-0.1, -0.05) is 25.1 Å². The average Bonchev–Trinajstić information content (AvgIpc) is 2.83. The van der Waals surface area contributed by atoms with Gasteiger partial charge in [-0.05, 0) is 74.4 Å². The first kappa shape index (κ1) is 24.4. The van der Waals surface area contributed by atoms with Crippen LogP contribution in [0.25, 0.3) is 0 Å². The zero-order valence-corrected chi connectivity index (χ0v) is 19.8. The third kappa shape index (κ3) is 6.87. The average molecular weight is 468 g/mol. The second kappa shape index (κ2) is 11.1. The number of aromatic nitrogens is 1. The first-order chi connectivity index (χ1) is 15.8. The Kier molecular flexibility index (Phi) is 8.19. The van der Waals surface area contributed by atoms with E-state index in [0.717, 1.165) is 11.3 Å². The first-order valence-electron chi connectivity index (χ1n) is 10.8. The summed E-state index contributed by atoms with van der Waals surface area (Å²) < 4.78 is 33.2. The predicted octanol–water partition coefficient (Wildman–Crippen LogP) is 4.23. The van der Waals surface area contributed by atoms with Crippen LogP contribution in [0.4, 0.5) is 0 Å². The fraction of sp³-hybridized carbons (Fsp3) is 0.280. The van der Waals surface area contributed by atoms with Gasteiger partial charge in [0.25, 0.3) is 5.91 Å². The lowest BCUT2D eigenvalue weighted by molar-refractivity contribution is 0.0939. The molecule has 0 aliphatic heterocycles. The van der Waals surface area contributed by atoms with E-state index in [4.69, 9.17) is 4.74 Å². The van der Waals surface area contributed by atoms with Crippen molar-refractivity contribution in [3.63, 3.8) is 0 Å². The molecule has 2 N–H and O–H groups in total. The zero-order valence-electron chi connectivity index (χ0n) is 19.0. The molecule has 0 bridgehead atoms. The number of carbonyl (C=O) groups is 1. The quantitative estimate of drug-likeness (QED) is 0.465. The number of amides is 1. The molecule has 3 rings (SSSR count). The first-order valence-corrected chi connectivity index (χ1v) is 12.3. The van der Waals surface area contributed by atoms with Crippen LogP contribution in [-0.4, -0.2) is 25.4 Å². The Hall–Kier alpha value is -3.23.